The highest BCUT2D eigenvalue weighted by Crippen LogP contribution is 2.58. The van der Waals surface area contributed by atoms with Gasteiger partial charge in [0.1, 0.15) is 16.6 Å². The molecule has 1 fully saturated rings. The molecule has 31 heavy (non-hydrogen) atoms. The van der Waals surface area contributed by atoms with E-state index in [1.54, 1.807) is 24.3 Å². The minimum absolute atomic E-state index is 0.305. The summed E-state index contributed by atoms with van der Waals surface area (Å²) in [4.78, 5) is 26.8. The van der Waals surface area contributed by atoms with Gasteiger partial charge in [0.2, 0.25) is 11.8 Å². The van der Waals surface area contributed by atoms with Crippen molar-refractivity contribution >= 4 is 52.0 Å². The first-order valence-corrected chi connectivity index (χ1v) is 11.4. The minimum atomic E-state index is -1.28. The third-order valence-electron chi connectivity index (χ3n) is 6.28. The molecule has 3 aromatic rings. The predicted molar refractivity (Wildman–Crippen MR) is 120 cm³/mol. The second-order valence-electron chi connectivity index (χ2n) is 7.89. The Morgan fingerprint density at radius 3 is 2.68 bits per heavy atom. The van der Waals surface area contributed by atoms with Gasteiger partial charge in [-0.2, -0.15) is 11.3 Å². The molecule has 2 amide bonds. The Morgan fingerprint density at radius 2 is 1.94 bits per heavy atom. The van der Waals surface area contributed by atoms with Gasteiger partial charge in [-0.15, -0.1) is 11.6 Å². The zero-order valence-corrected chi connectivity index (χ0v) is 18.6. The Balaban J connectivity index is 1.86. The molecule has 1 aromatic heterocycles. The summed E-state index contributed by atoms with van der Waals surface area (Å²) in [5, 5.41) is 9.14. The summed E-state index contributed by atoms with van der Waals surface area (Å²) in [5.74, 6) is -1.81. The normalized spacial score (nSPS) is 27.2. The summed E-state index contributed by atoms with van der Waals surface area (Å²) in [6.45, 7) is 1.83. The van der Waals surface area contributed by atoms with Crippen molar-refractivity contribution in [2.75, 3.05) is 5.32 Å². The molecule has 2 aliphatic heterocycles. The number of benzene rings is 2. The van der Waals surface area contributed by atoms with Gasteiger partial charge >= 0.3 is 0 Å². The number of alkyl halides is 1. The molecule has 4 unspecified atom stereocenters. The van der Waals surface area contributed by atoms with Crippen molar-refractivity contribution in [1.82, 2.24) is 5.32 Å². The lowest BCUT2D eigenvalue weighted by Gasteiger charge is -2.48. The largest absolute Gasteiger partial charge is 0.347 e. The maximum absolute atomic E-state index is 14.3. The van der Waals surface area contributed by atoms with E-state index >= 15 is 0 Å². The molecule has 0 aliphatic carbocycles. The molecule has 1 saturated heterocycles. The number of rotatable bonds is 2. The van der Waals surface area contributed by atoms with Crippen molar-refractivity contribution in [2.24, 2.45) is 0 Å². The molecule has 2 aromatic carbocycles. The van der Waals surface area contributed by atoms with E-state index in [1.807, 2.05) is 23.8 Å². The summed E-state index contributed by atoms with van der Waals surface area (Å²) in [6, 6.07) is 10.6. The van der Waals surface area contributed by atoms with Gasteiger partial charge in [0.25, 0.3) is 0 Å². The fraction of sp³-hybridized carbons (Fsp3) is 0.217. The predicted octanol–water partition coefficient (Wildman–Crippen LogP) is 5.30. The van der Waals surface area contributed by atoms with Crippen LogP contribution in [0.3, 0.4) is 0 Å². The number of amides is 2. The Hall–Kier alpha value is -2.41. The summed E-state index contributed by atoms with van der Waals surface area (Å²) in [5.41, 5.74) is 2.06. The van der Waals surface area contributed by atoms with Crippen LogP contribution in [0.5, 0.6) is 0 Å². The van der Waals surface area contributed by atoms with E-state index in [2.05, 4.69) is 10.6 Å². The molecule has 0 radical (unpaired) electrons. The van der Waals surface area contributed by atoms with Crippen molar-refractivity contribution in [3.8, 4) is 0 Å². The number of thiophene rings is 1. The van der Waals surface area contributed by atoms with E-state index in [9.17, 15) is 14.0 Å². The number of carbonyl (C=O) groups excluding carboxylic acids is 2. The second-order valence-corrected chi connectivity index (χ2v) is 9.58. The van der Waals surface area contributed by atoms with Crippen molar-refractivity contribution in [1.29, 1.82) is 0 Å². The van der Waals surface area contributed by atoms with E-state index in [0.717, 1.165) is 11.1 Å². The van der Waals surface area contributed by atoms with Gasteiger partial charge in [0, 0.05) is 16.6 Å². The summed E-state index contributed by atoms with van der Waals surface area (Å²) in [7, 11) is 0. The maximum atomic E-state index is 14.3. The molecule has 0 bridgehead atoms. The first kappa shape index (κ1) is 20.5. The van der Waals surface area contributed by atoms with Crippen LogP contribution in [0.2, 0.25) is 5.02 Å². The fourth-order valence-corrected chi connectivity index (χ4v) is 6.23. The molecule has 158 valence electrons. The van der Waals surface area contributed by atoms with Crippen LogP contribution in [0, 0.1) is 12.7 Å². The summed E-state index contributed by atoms with van der Waals surface area (Å²) < 4.78 is 14.3. The van der Waals surface area contributed by atoms with Gasteiger partial charge in [-0.3, -0.25) is 9.59 Å². The third-order valence-corrected chi connectivity index (χ3v) is 7.67. The van der Waals surface area contributed by atoms with Gasteiger partial charge in [0.15, 0.2) is 0 Å². The van der Waals surface area contributed by atoms with E-state index in [1.165, 1.54) is 23.5 Å². The molecule has 2 aliphatic rings. The van der Waals surface area contributed by atoms with Crippen molar-refractivity contribution in [3.05, 3.63) is 86.3 Å². The van der Waals surface area contributed by atoms with Gasteiger partial charge in [0.05, 0.1) is 6.04 Å². The first-order chi connectivity index (χ1) is 14.8. The topological polar surface area (TPSA) is 58.2 Å². The zero-order chi connectivity index (χ0) is 21.9. The standard InChI is InChI=1S/C23H17Cl2FN2O2S/c1-11-2-4-14(26)9-15(11)20-23(16-5-3-13(24)8-17(16)27-22(23)30)18(12-6-7-31-10-12)19(25)21(29)28-20/h2-10,18-20H,1H3,(H,27,30)(H,28,29). The Bertz CT molecular complexity index is 1220. The number of carbonyl (C=O) groups is 2. The van der Waals surface area contributed by atoms with Crippen molar-refractivity contribution in [2.45, 2.75) is 29.7 Å². The van der Waals surface area contributed by atoms with Gasteiger partial charge < -0.3 is 10.6 Å². The van der Waals surface area contributed by atoms with Crippen LogP contribution in [0.25, 0.3) is 0 Å². The Morgan fingerprint density at radius 1 is 1.13 bits per heavy atom. The van der Waals surface area contributed by atoms with E-state index in [4.69, 9.17) is 23.2 Å². The Labute approximate surface area is 192 Å². The lowest BCUT2D eigenvalue weighted by atomic mass is 9.59. The molecule has 4 atom stereocenters. The van der Waals surface area contributed by atoms with Crippen LogP contribution in [0.15, 0.2) is 53.2 Å². The van der Waals surface area contributed by atoms with Crippen LogP contribution in [-0.4, -0.2) is 17.2 Å². The molecule has 1 spiro atoms. The van der Waals surface area contributed by atoms with Gasteiger partial charge in [-0.25, -0.2) is 4.39 Å². The highest BCUT2D eigenvalue weighted by Gasteiger charge is 2.64. The molecule has 0 saturated carbocycles. The van der Waals surface area contributed by atoms with Crippen molar-refractivity contribution in [3.63, 3.8) is 0 Å². The zero-order valence-electron chi connectivity index (χ0n) is 16.3. The quantitative estimate of drug-likeness (QED) is 0.495. The van der Waals surface area contributed by atoms with Crippen LogP contribution < -0.4 is 10.6 Å². The van der Waals surface area contributed by atoms with E-state index < -0.39 is 34.5 Å². The number of hydrogen-bond donors (Lipinski definition) is 2. The molecular formula is C23H17Cl2FN2O2S. The fourth-order valence-electron chi connectivity index (χ4n) is 4.95. The lowest BCUT2D eigenvalue weighted by molar-refractivity contribution is -0.131. The van der Waals surface area contributed by atoms with Gasteiger partial charge in [-0.05, 0) is 70.3 Å². The SMILES string of the molecule is Cc1ccc(F)cc1C1NC(=O)C(Cl)C(c2ccsc2)C12C(=O)Nc1cc(Cl)ccc12. The van der Waals surface area contributed by atoms with E-state index in [0.29, 0.717) is 21.8 Å². The average molecular weight is 475 g/mol. The smallest absolute Gasteiger partial charge is 0.239 e. The number of hydrogen-bond acceptors (Lipinski definition) is 3. The molecule has 3 heterocycles. The number of nitrogens with one attached hydrogen (secondary N) is 2. The molecular weight excluding hydrogens is 458 g/mol. The Kier molecular flexibility index (Phi) is 4.84. The van der Waals surface area contributed by atoms with Crippen LogP contribution in [0.4, 0.5) is 10.1 Å². The highest BCUT2D eigenvalue weighted by atomic mass is 35.5. The highest BCUT2D eigenvalue weighted by molar-refractivity contribution is 7.08. The molecule has 8 heteroatoms. The molecule has 5 rings (SSSR count). The average Bonchev–Trinajstić information content (AvgIpc) is 3.34. The number of piperidine rings is 1. The third kappa shape index (κ3) is 2.93. The lowest BCUT2D eigenvalue weighted by Crippen LogP contribution is -2.61. The number of halogens is 3. The number of aryl methyl sites for hydroxylation is 1. The van der Waals surface area contributed by atoms with Crippen LogP contribution >= 0.6 is 34.5 Å². The van der Waals surface area contributed by atoms with Crippen LogP contribution in [-0.2, 0) is 15.0 Å². The first-order valence-electron chi connectivity index (χ1n) is 9.68. The second kappa shape index (κ2) is 7.33. The monoisotopic (exact) mass is 474 g/mol. The number of fused-ring (bicyclic) bond motifs is 2. The van der Waals surface area contributed by atoms with Crippen molar-refractivity contribution < 1.29 is 14.0 Å². The maximum Gasteiger partial charge on any atom is 0.239 e. The molecule has 4 nitrogen and oxygen atoms in total. The van der Waals surface area contributed by atoms with Gasteiger partial charge in [-0.1, -0.05) is 23.7 Å². The van der Waals surface area contributed by atoms with Crippen LogP contribution in [0.1, 0.15) is 34.2 Å². The molecule has 2 N–H and O–H groups in total. The minimum Gasteiger partial charge on any atom is -0.347 e. The van der Waals surface area contributed by atoms with E-state index in [-0.39, 0.29) is 5.91 Å². The summed E-state index contributed by atoms with van der Waals surface area (Å²) in [6.07, 6.45) is 0. The summed E-state index contributed by atoms with van der Waals surface area (Å²) >= 11 is 14.3. The number of anilines is 1.